The van der Waals surface area contributed by atoms with Crippen LogP contribution in [-0.4, -0.2) is 12.0 Å². The lowest BCUT2D eigenvalue weighted by Gasteiger charge is -2.20. The van der Waals surface area contributed by atoms with E-state index in [1.165, 1.54) is 0 Å². The second-order valence-electron chi connectivity index (χ2n) is 5.66. The molecular weight excluding hydrogens is 310 g/mol. The highest BCUT2D eigenvalue weighted by molar-refractivity contribution is 6.30. The summed E-state index contributed by atoms with van der Waals surface area (Å²) in [5.74, 6) is 0.596. The van der Waals surface area contributed by atoms with Crippen molar-refractivity contribution in [3.05, 3.63) is 58.1 Å². The molecule has 122 valence electrons. The highest BCUT2D eigenvalue weighted by Gasteiger charge is 2.20. The highest BCUT2D eigenvalue weighted by atomic mass is 35.5. The van der Waals surface area contributed by atoms with Crippen LogP contribution in [0.5, 0.6) is 5.75 Å². The standard InChI is InChI=1S/C19H22ClNO2/c1-5-17(23-18-8-6-7-12(2)14(18)4)19(22)21-16-10-9-15(20)11-13(16)3/h6-11,17H,5H2,1-4H3,(H,21,22)/t17-/m1/s1. The Bertz CT molecular complexity index is 713. The first-order chi connectivity index (χ1) is 10.9. The zero-order chi connectivity index (χ0) is 17.0. The van der Waals surface area contributed by atoms with Crippen LogP contribution in [0.25, 0.3) is 0 Å². The molecule has 0 spiro atoms. The van der Waals surface area contributed by atoms with Crippen molar-refractivity contribution in [2.75, 3.05) is 5.32 Å². The van der Waals surface area contributed by atoms with Gasteiger partial charge in [0.1, 0.15) is 5.75 Å². The zero-order valence-electron chi connectivity index (χ0n) is 13.9. The molecule has 0 bridgehead atoms. The monoisotopic (exact) mass is 331 g/mol. The second-order valence-corrected chi connectivity index (χ2v) is 6.10. The van der Waals surface area contributed by atoms with E-state index in [0.717, 1.165) is 28.1 Å². The third-order valence-corrected chi connectivity index (χ3v) is 4.17. The number of anilines is 1. The molecule has 1 atom stereocenters. The number of nitrogens with one attached hydrogen (secondary N) is 1. The first kappa shape index (κ1) is 17.4. The van der Waals surface area contributed by atoms with Gasteiger partial charge in [0.15, 0.2) is 6.10 Å². The van der Waals surface area contributed by atoms with Gasteiger partial charge in [-0.3, -0.25) is 4.79 Å². The van der Waals surface area contributed by atoms with Crippen LogP contribution < -0.4 is 10.1 Å². The Kier molecular flexibility index (Phi) is 5.67. The highest BCUT2D eigenvalue weighted by Crippen LogP contribution is 2.24. The normalized spacial score (nSPS) is 11.9. The van der Waals surface area contributed by atoms with Crippen LogP contribution >= 0.6 is 11.6 Å². The number of benzene rings is 2. The van der Waals surface area contributed by atoms with Gasteiger partial charge in [0.05, 0.1) is 0 Å². The third kappa shape index (κ3) is 4.26. The average Bonchev–Trinajstić information content (AvgIpc) is 2.51. The molecule has 23 heavy (non-hydrogen) atoms. The summed E-state index contributed by atoms with van der Waals surface area (Å²) in [5, 5.41) is 3.57. The molecule has 0 unspecified atom stereocenters. The van der Waals surface area contributed by atoms with E-state index in [4.69, 9.17) is 16.3 Å². The van der Waals surface area contributed by atoms with E-state index in [9.17, 15) is 4.79 Å². The van der Waals surface area contributed by atoms with E-state index in [2.05, 4.69) is 5.32 Å². The maximum atomic E-state index is 12.5. The molecular formula is C19H22ClNO2. The van der Waals surface area contributed by atoms with Gasteiger partial charge in [-0.2, -0.15) is 0 Å². The summed E-state index contributed by atoms with van der Waals surface area (Å²) in [7, 11) is 0. The number of hydrogen-bond donors (Lipinski definition) is 1. The summed E-state index contributed by atoms with van der Waals surface area (Å²) in [6.45, 7) is 7.87. The summed E-state index contributed by atoms with van der Waals surface area (Å²) < 4.78 is 5.93. The van der Waals surface area contributed by atoms with Gasteiger partial charge in [-0.25, -0.2) is 0 Å². The summed E-state index contributed by atoms with van der Waals surface area (Å²) in [4.78, 5) is 12.5. The van der Waals surface area contributed by atoms with Gasteiger partial charge in [0.2, 0.25) is 0 Å². The lowest BCUT2D eigenvalue weighted by molar-refractivity contribution is -0.122. The fraction of sp³-hybridized carbons (Fsp3) is 0.316. The molecule has 0 heterocycles. The van der Waals surface area contributed by atoms with E-state index in [1.807, 2.05) is 52.0 Å². The molecule has 2 aromatic rings. The number of carbonyl (C=O) groups excluding carboxylic acids is 1. The van der Waals surface area contributed by atoms with Crippen molar-refractivity contribution in [2.24, 2.45) is 0 Å². The fourth-order valence-electron chi connectivity index (χ4n) is 2.31. The van der Waals surface area contributed by atoms with Crippen LogP contribution in [-0.2, 0) is 4.79 Å². The molecule has 0 fully saturated rings. The summed E-state index contributed by atoms with van der Waals surface area (Å²) >= 11 is 5.95. The van der Waals surface area contributed by atoms with Gasteiger partial charge in [-0.05, 0) is 68.1 Å². The molecule has 0 radical (unpaired) electrons. The Morgan fingerprint density at radius 3 is 2.57 bits per heavy atom. The maximum absolute atomic E-state index is 12.5. The van der Waals surface area contributed by atoms with Crippen molar-refractivity contribution in [3.63, 3.8) is 0 Å². The summed E-state index contributed by atoms with van der Waals surface area (Å²) in [5.41, 5.74) is 3.88. The summed E-state index contributed by atoms with van der Waals surface area (Å²) in [6.07, 6.45) is 0.0526. The Balaban J connectivity index is 2.14. The Morgan fingerprint density at radius 2 is 1.91 bits per heavy atom. The van der Waals surface area contributed by atoms with Crippen LogP contribution in [0.15, 0.2) is 36.4 Å². The van der Waals surface area contributed by atoms with Crippen LogP contribution in [0, 0.1) is 20.8 Å². The molecule has 0 aliphatic carbocycles. The number of halogens is 1. The van der Waals surface area contributed by atoms with Gasteiger partial charge in [0.25, 0.3) is 5.91 Å². The maximum Gasteiger partial charge on any atom is 0.265 e. The lowest BCUT2D eigenvalue weighted by Crippen LogP contribution is -2.32. The van der Waals surface area contributed by atoms with Gasteiger partial charge in [-0.15, -0.1) is 0 Å². The number of rotatable bonds is 5. The van der Waals surface area contributed by atoms with Crippen LogP contribution in [0.4, 0.5) is 5.69 Å². The Hall–Kier alpha value is -2.00. The van der Waals surface area contributed by atoms with E-state index >= 15 is 0 Å². The predicted molar refractivity (Wildman–Crippen MR) is 95.4 cm³/mol. The van der Waals surface area contributed by atoms with Crippen LogP contribution in [0.3, 0.4) is 0 Å². The largest absolute Gasteiger partial charge is 0.480 e. The molecule has 0 aliphatic heterocycles. The number of amides is 1. The first-order valence-corrected chi connectivity index (χ1v) is 8.10. The smallest absolute Gasteiger partial charge is 0.265 e. The molecule has 1 N–H and O–H groups in total. The lowest BCUT2D eigenvalue weighted by atomic mass is 10.1. The quantitative estimate of drug-likeness (QED) is 0.831. The average molecular weight is 332 g/mol. The fourth-order valence-corrected chi connectivity index (χ4v) is 2.53. The molecule has 3 nitrogen and oxygen atoms in total. The van der Waals surface area contributed by atoms with Gasteiger partial charge < -0.3 is 10.1 Å². The second kappa shape index (κ2) is 7.51. The third-order valence-electron chi connectivity index (χ3n) is 3.93. The molecule has 2 rings (SSSR count). The van der Waals surface area contributed by atoms with Crippen molar-refractivity contribution in [2.45, 2.75) is 40.2 Å². The van der Waals surface area contributed by atoms with E-state index in [1.54, 1.807) is 12.1 Å². The molecule has 0 saturated heterocycles. The number of carbonyl (C=O) groups is 1. The SMILES string of the molecule is CC[C@@H](Oc1cccc(C)c1C)C(=O)Nc1ccc(Cl)cc1C. The summed E-state index contributed by atoms with van der Waals surface area (Å²) in [6, 6.07) is 11.2. The van der Waals surface area contributed by atoms with Crippen molar-refractivity contribution < 1.29 is 9.53 Å². The van der Waals surface area contributed by atoms with E-state index in [-0.39, 0.29) is 5.91 Å². The molecule has 0 saturated carbocycles. The minimum atomic E-state index is -0.537. The zero-order valence-corrected chi connectivity index (χ0v) is 14.7. The van der Waals surface area contributed by atoms with Crippen molar-refractivity contribution in [3.8, 4) is 5.75 Å². The van der Waals surface area contributed by atoms with Crippen molar-refractivity contribution >= 4 is 23.2 Å². The van der Waals surface area contributed by atoms with Crippen LogP contribution in [0.2, 0.25) is 5.02 Å². The molecule has 4 heteroatoms. The minimum Gasteiger partial charge on any atom is -0.480 e. The van der Waals surface area contributed by atoms with Gasteiger partial charge in [0, 0.05) is 10.7 Å². The van der Waals surface area contributed by atoms with Gasteiger partial charge in [-0.1, -0.05) is 30.7 Å². The number of hydrogen-bond acceptors (Lipinski definition) is 2. The van der Waals surface area contributed by atoms with Crippen LogP contribution in [0.1, 0.15) is 30.0 Å². The predicted octanol–water partition coefficient (Wildman–Crippen LogP) is 5.06. The molecule has 0 aromatic heterocycles. The first-order valence-electron chi connectivity index (χ1n) is 7.72. The number of aryl methyl sites for hydroxylation is 2. The minimum absolute atomic E-state index is 0.154. The molecule has 2 aromatic carbocycles. The molecule has 1 amide bonds. The van der Waals surface area contributed by atoms with Gasteiger partial charge >= 0.3 is 0 Å². The van der Waals surface area contributed by atoms with Crippen molar-refractivity contribution in [1.82, 2.24) is 0 Å². The van der Waals surface area contributed by atoms with E-state index < -0.39 is 6.10 Å². The van der Waals surface area contributed by atoms with Crippen molar-refractivity contribution in [1.29, 1.82) is 0 Å². The Morgan fingerprint density at radius 1 is 1.17 bits per heavy atom. The number of ether oxygens (including phenoxy) is 1. The molecule has 0 aliphatic rings. The topological polar surface area (TPSA) is 38.3 Å². The Labute approximate surface area is 142 Å². The van der Waals surface area contributed by atoms with E-state index in [0.29, 0.717) is 11.4 Å².